The van der Waals surface area contributed by atoms with Gasteiger partial charge in [-0.25, -0.2) is 4.99 Å². The van der Waals surface area contributed by atoms with Crippen molar-refractivity contribution in [2.75, 3.05) is 13.2 Å². The highest BCUT2D eigenvalue weighted by Crippen LogP contribution is 2.38. The van der Waals surface area contributed by atoms with Gasteiger partial charge in [-0.05, 0) is 37.6 Å². The van der Waals surface area contributed by atoms with E-state index < -0.39 is 0 Å². The third-order valence-electron chi connectivity index (χ3n) is 5.28. The van der Waals surface area contributed by atoms with Crippen molar-refractivity contribution >= 4 is 28.2 Å². The first-order valence-corrected chi connectivity index (χ1v) is 11.2. The fraction of sp³-hybridized carbons (Fsp3) is 0.185. The van der Waals surface area contributed by atoms with Gasteiger partial charge in [0.05, 0.1) is 42.1 Å². The lowest BCUT2D eigenvalue weighted by molar-refractivity contribution is -0.117. The summed E-state index contributed by atoms with van der Waals surface area (Å²) < 4.78 is 11.5. The highest BCUT2D eigenvalue weighted by Gasteiger charge is 2.21. The monoisotopic (exact) mass is 457 g/mol. The Balaban J connectivity index is 1.89. The maximum Gasteiger partial charge on any atom is 0.221 e. The lowest BCUT2D eigenvalue weighted by Gasteiger charge is -2.12. The molecular weight excluding hydrogens is 430 g/mol. The molecule has 4 rings (SSSR count). The Labute approximate surface area is 197 Å². The number of aromatic amines is 1. The minimum Gasteiger partial charge on any atom is -0.494 e. The molecule has 0 saturated carbocycles. The standard InChI is InChI=1S/C27H27N3O4/c1-3-33-22-15-20-21(16-23(22)34-4-2)30-27(32)25(20)26(18-8-6-5-7-9-18)29-19-12-10-17(11-13-19)14-24(28)31/h5-13,15-16,30,32H,3-4,14H2,1-2H3,(H2,28,31). The van der Waals surface area contributed by atoms with Crippen LogP contribution in [0, 0.1) is 0 Å². The Morgan fingerprint density at radius 3 is 2.24 bits per heavy atom. The summed E-state index contributed by atoms with van der Waals surface area (Å²) in [7, 11) is 0. The van der Waals surface area contributed by atoms with Crippen molar-refractivity contribution in [3.05, 3.63) is 83.4 Å². The van der Waals surface area contributed by atoms with Crippen molar-refractivity contribution in [2.45, 2.75) is 20.3 Å². The molecular formula is C27H27N3O4. The number of amides is 1. The number of aromatic nitrogens is 1. The summed E-state index contributed by atoms with van der Waals surface area (Å²) >= 11 is 0. The van der Waals surface area contributed by atoms with Gasteiger partial charge in [0.15, 0.2) is 17.4 Å². The van der Waals surface area contributed by atoms with Gasteiger partial charge in [0, 0.05) is 17.0 Å². The number of hydrogen-bond donors (Lipinski definition) is 3. The Morgan fingerprint density at radius 2 is 1.62 bits per heavy atom. The summed E-state index contributed by atoms with van der Waals surface area (Å²) in [5, 5.41) is 11.7. The molecule has 0 radical (unpaired) electrons. The molecule has 0 aliphatic carbocycles. The molecule has 0 saturated heterocycles. The number of nitrogens with two attached hydrogens (primary N) is 1. The zero-order chi connectivity index (χ0) is 24.1. The van der Waals surface area contributed by atoms with Crippen LogP contribution in [0.5, 0.6) is 17.4 Å². The van der Waals surface area contributed by atoms with E-state index in [1.807, 2.05) is 80.6 Å². The Bertz CT molecular complexity index is 1330. The molecule has 4 N–H and O–H groups in total. The average molecular weight is 458 g/mol. The number of aliphatic imine (C=N–C) groups is 1. The van der Waals surface area contributed by atoms with Gasteiger partial charge in [-0.15, -0.1) is 0 Å². The molecule has 1 heterocycles. The Hall–Kier alpha value is -4.26. The van der Waals surface area contributed by atoms with Crippen LogP contribution in [0.15, 0.2) is 71.7 Å². The number of fused-ring (bicyclic) bond motifs is 1. The predicted octanol–water partition coefficient (Wildman–Crippen LogP) is 4.87. The topological polar surface area (TPSA) is 110 Å². The van der Waals surface area contributed by atoms with E-state index in [4.69, 9.17) is 20.2 Å². The molecule has 1 amide bonds. The third-order valence-corrected chi connectivity index (χ3v) is 5.28. The maximum absolute atomic E-state index is 11.2. The van der Waals surface area contributed by atoms with Crippen molar-refractivity contribution in [1.29, 1.82) is 0 Å². The Kier molecular flexibility index (Phi) is 6.82. The zero-order valence-corrected chi connectivity index (χ0v) is 19.2. The lowest BCUT2D eigenvalue weighted by Crippen LogP contribution is -2.13. The summed E-state index contributed by atoms with van der Waals surface area (Å²) in [5.74, 6) is 0.814. The molecule has 0 aliphatic heterocycles. The minimum absolute atomic E-state index is 0.000881. The number of benzene rings is 3. The summed E-state index contributed by atoms with van der Waals surface area (Å²) in [5.41, 5.74) is 9.49. The molecule has 0 fully saturated rings. The number of nitrogens with one attached hydrogen (secondary N) is 1. The number of aromatic hydroxyl groups is 1. The molecule has 7 heteroatoms. The number of carbonyl (C=O) groups excluding carboxylic acids is 1. The summed E-state index contributed by atoms with van der Waals surface area (Å²) in [4.78, 5) is 19.2. The minimum atomic E-state index is -0.388. The zero-order valence-electron chi connectivity index (χ0n) is 19.2. The van der Waals surface area contributed by atoms with Gasteiger partial charge >= 0.3 is 0 Å². The maximum atomic E-state index is 11.2. The van der Waals surface area contributed by atoms with Crippen LogP contribution in [0.2, 0.25) is 0 Å². The fourth-order valence-corrected chi connectivity index (χ4v) is 3.84. The highest BCUT2D eigenvalue weighted by molar-refractivity contribution is 6.22. The van der Waals surface area contributed by atoms with Crippen molar-refractivity contribution in [3.8, 4) is 17.4 Å². The van der Waals surface area contributed by atoms with E-state index in [9.17, 15) is 9.90 Å². The molecule has 7 nitrogen and oxygen atoms in total. The number of H-pyrrole nitrogens is 1. The fourth-order valence-electron chi connectivity index (χ4n) is 3.84. The van der Waals surface area contributed by atoms with E-state index in [-0.39, 0.29) is 18.2 Å². The quantitative estimate of drug-likeness (QED) is 0.312. The van der Waals surface area contributed by atoms with Crippen LogP contribution in [-0.4, -0.2) is 34.9 Å². The molecule has 174 valence electrons. The van der Waals surface area contributed by atoms with Crippen LogP contribution in [-0.2, 0) is 11.2 Å². The first-order valence-electron chi connectivity index (χ1n) is 11.2. The van der Waals surface area contributed by atoms with E-state index in [0.29, 0.717) is 47.2 Å². The van der Waals surface area contributed by atoms with Gasteiger partial charge in [-0.3, -0.25) is 4.79 Å². The number of rotatable bonds is 9. The van der Waals surface area contributed by atoms with Gasteiger partial charge in [0.2, 0.25) is 5.91 Å². The third kappa shape index (κ3) is 4.88. The second kappa shape index (κ2) is 10.1. The SMILES string of the molecule is CCOc1cc2[nH]c(O)c(C(=Nc3ccc(CC(N)=O)cc3)c3ccccc3)c2cc1OCC. The largest absolute Gasteiger partial charge is 0.494 e. The van der Waals surface area contributed by atoms with Crippen LogP contribution in [0.25, 0.3) is 10.9 Å². The van der Waals surface area contributed by atoms with Crippen molar-refractivity contribution in [3.63, 3.8) is 0 Å². The van der Waals surface area contributed by atoms with E-state index in [1.165, 1.54) is 0 Å². The van der Waals surface area contributed by atoms with Crippen molar-refractivity contribution < 1.29 is 19.4 Å². The van der Waals surface area contributed by atoms with Gasteiger partial charge in [-0.1, -0.05) is 42.5 Å². The van der Waals surface area contributed by atoms with E-state index in [2.05, 4.69) is 4.98 Å². The lowest BCUT2D eigenvalue weighted by atomic mass is 10.0. The Morgan fingerprint density at radius 1 is 0.971 bits per heavy atom. The average Bonchev–Trinajstić information content (AvgIpc) is 3.14. The van der Waals surface area contributed by atoms with Gasteiger partial charge in [0.25, 0.3) is 0 Å². The first-order chi connectivity index (χ1) is 16.5. The number of nitrogens with zero attached hydrogens (tertiary/aromatic N) is 1. The number of hydrogen-bond acceptors (Lipinski definition) is 5. The second-order valence-electron chi connectivity index (χ2n) is 7.70. The van der Waals surface area contributed by atoms with E-state index >= 15 is 0 Å². The van der Waals surface area contributed by atoms with Crippen molar-refractivity contribution in [2.24, 2.45) is 10.7 Å². The van der Waals surface area contributed by atoms with Gasteiger partial charge < -0.3 is 25.3 Å². The highest BCUT2D eigenvalue weighted by atomic mass is 16.5. The smallest absolute Gasteiger partial charge is 0.221 e. The van der Waals surface area contributed by atoms with Gasteiger partial charge in [0.1, 0.15) is 0 Å². The molecule has 34 heavy (non-hydrogen) atoms. The molecule has 3 aromatic carbocycles. The van der Waals surface area contributed by atoms with Crippen LogP contribution >= 0.6 is 0 Å². The van der Waals surface area contributed by atoms with Crippen molar-refractivity contribution in [1.82, 2.24) is 4.98 Å². The normalized spacial score (nSPS) is 11.5. The molecule has 4 aromatic rings. The number of carbonyl (C=O) groups is 1. The molecule has 0 bridgehead atoms. The molecule has 0 atom stereocenters. The molecule has 0 aliphatic rings. The van der Waals surface area contributed by atoms with Crippen LogP contribution in [0.1, 0.15) is 30.5 Å². The van der Waals surface area contributed by atoms with Crippen LogP contribution in [0.3, 0.4) is 0 Å². The van der Waals surface area contributed by atoms with E-state index in [0.717, 1.165) is 16.5 Å². The predicted molar refractivity (Wildman–Crippen MR) is 133 cm³/mol. The van der Waals surface area contributed by atoms with Crippen LogP contribution in [0.4, 0.5) is 5.69 Å². The van der Waals surface area contributed by atoms with Gasteiger partial charge in [-0.2, -0.15) is 0 Å². The molecule has 0 unspecified atom stereocenters. The summed E-state index contributed by atoms with van der Waals surface area (Å²) in [6, 6.07) is 20.6. The second-order valence-corrected chi connectivity index (χ2v) is 7.70. The summed E-state index contributed by atoms with van der Waals surface area (Å²) in [6.07, 6.45) is 0.168. The number of primary amides is 1. The van der Waals surface area contributed by atoms with Crippen LogP contribution < -0.4 is 15.2 Å². The molecule has 1 aromatic heterocycles. The summed E-state index contributed by atoms with van der Waals surface area (Å²) in [6.45, 7) is 4.79. The molecule has 0 spiro atoms. The van der Waals surface area contributed by atoms with E-state index in [1.54, 1.807) is 0 Å². The number of ether oxygens (including phenoxy) is 2. The first kappa shape index (κ1) is 22.9.